The van der Waals surface area contributed by atoms with E-state index in [4.69, 9.17) is 0 Å². The highest BCUT2D eigenvalue weighted by Crippen LogP contribution is 2.27. The highest BCUT2D eigenvalue weighted by molar-refractivity contribution is 6.00. The average Bonchev–Trinajstić information content (AvgIpc) is 2.79. The van der Waals surface area contributed by atoms with Gasteiger partial charge in [-0.3, -0.25) is 24.6 Å². The van der Waals surface area contributed by atoms with E-state index in [2.05, 4.69) is 27.2 Å². The van der Waals surface area contributed by atoms with E-state index >= 15 is 0 Å². The maximum absolute atomic E-state index is 12.4. The van der Waals surface area contributed by atoms with Gasteiger partial charge < -0.3 is 9.80 Å². The largest absolute Gasteiger partial charge is 0.369 e. The molecule has 3 amide bonds. The monoisotopic (exact) mass is 412 g/mol. The highest BCUT2D eigenvalue weighted by atomic mass is 16.2. The van der Waals surface area contributed by atoms with Gasteiger partial charge in [-0.25, -0.2) is 0 Å². The summed E-state index contributed by atoms with van der Waals surface area (Å²) < 4.78 is 0. The van der Waals surface area contributed by atoms with E-state index in [0.29, 0.717) is 25.2 Å². The van der Waals surface area contributed by atoms with Gasteiger partial charge in [0, 0.05) is 64.3 Å². The minimum atomic E-state index is -0.231. The lowest BCUT2D eigenvalue weighted by atomic mass is 9.90. The standard InChI is InChI=1S/C23H32N4O3/c28-21-9-8-20(23(30)24-21)18-4-6-19(7-5-18)26-16-14-25(15-17-26)13-10-22(29)27-11-2-1-3-12-27/h4-7,20H,1-3,8-17H2,(H,24,28,30). The van der Waals surface area contributed by atoms with Crippen LogP contribution in [0.1, 0.15) is 50.0 Å². The zero-order chi connectivity index (χ0) is 20.9. The number of imide groups is 1. The zero-order valence-corrected chi connectivity index (χ0v) is 17.6. The van der Waals surface area contributed by atoms with Crippen LogP contribution in [-0.4, -0.2) is 73.3 Å². The van der Waals surface area contributed by atoms with Gasteiger partial charge in [-0.15, -0.1) is 0 Å². The lowest BCUT2D eigenvalue weighted by Crippen LogP contribution is -2.47. The molecular weight excluding hydrogens is 380 g/mol. The molecule has 4 rings (SSSR count). The maximum Gasteiger partial charge on any atom is 0.234 e. The summed E-state index contributed by atoms with van der Waals surface area (Å²) in [5, 5.41) is 2.43. The van der Waals surface area contributed by atoms with Crippen molar-refractivity contribution in [3.63, 3.8) is 0 Å². The first-order valence-electron chi connectivity index (χ1n) is 11.3. The fourth-order valence-electron chi connectivity index (χ4n) is 4.71. The fourth-order valence-corrected chi connectivity index (χ4v) is 4.71. The normalized spacial score (nSPS) is 23.4. The van der Waals surface area contributed by atoms with E-state index in [9.17, 15) is 14.4 Å². The molecule has 0 aromatic heterocycles. The quantitative estimate of drug-likeness (QED) is 0.746. The summed E-state index contributed by atoms with van der Waals surface area (Å²) in [6, 6.07) is 8.18. The van der Waals surface area contributed by atoms with E-state index in [1.54, 1.807) is 0 Å². The minimum Gasteiger partial charge on any atom is -0.369 e. The molecule has 0 aliphatic carbocycles. The van der Waals surface area contributed by atoms with E-state index in [-0.39, 0.29) is 17.7 Å². The summed E-state index contributed by atoms with van der Waals surface area (Å²) in [7, 11) is 0. The number of amides is 3. The first-order chi connectivity index (χ1) is 14.6. The van der Waals surface area contributed by atoms with Crippen LogP contribution in [-0.2, 0) is 14.4 Å². The molecule has 162 valence electrons. The van der Waals surface area contributed by atoms with Crippen LogP contribution in [0.25, 0.3) is 0 Å². The second-order valence-electron chi connectivity index (χ2n) is 8.62. The number of carbonyl (C=O) groups is 3. The minimum absolute atomic E-state index is 0.177. The Balaban J connectivity index is 1.23. The topological polar surface area (TPSA) is 73.0 Å². The van der Waals surface area contributed by atoms with Gasteiger partial charge in [-0.1, -0.05) is 12.1 Å². The molecule has 7 heteroatoms. The van der Waals surface area contributed by atoms with E-state index < -0.39 is 0 Å². The number of rotatable bonds is 5. The Morgan fingerprint density at radius 2 is 1.63 bits per heavy atom. The van der Waals surface area contributed by atoms with Crippen LogP contribution in [0, 0.1) is 0 Å². The van der Waals surface area contributed by atoms with E-state index in [0.717, 1.165) is 69.9 Å². The maximum atomic E-state index is 12.4. The third kappa shape index (κ3) is 5.01. The first-order valence-corrected chi connectivity index (χ1v) is 11.3. The Kier molecular flexibility index (Phi) is 6.67. The average molecular weight is 413 g/mol. The van der Waals surface area contributed by atoms with Gasteiger partial charge in [0.05, 0.1) is 5.92 Å². The molecule has 3 saturated heterocycles. The summed E-state index contributed by atoms with van der Waals surface area (Å²) in [6.45, 7) is 6.51. The van der Waals surface area contributed by atoms with Gasteiger partial charge in [0.2, 0.25) is 17.7 Å². The van der Waals surface area contributed by atoms with E-state index in [1.807, 2.05) is 17.0 Å². The van der Waals surface area contributed by atoms with Crippen molar-refractivity contribution in [2.75, 3.05) is 50.7 Å². The third-order valence-corrected chi connectivity index (χ3v) is 6.62. The van der Waals surface area contributed by atoms with Crippen molar-refractivity contribution in [1.82, 2.24) is 15.1 Å². The van der Waals surface area contributed by atoms with Crippen LogP contribution in [0.4, 0.5) is 5.69 Å². The molecule has 1 atom stereocenters. The number of piperazine rings is 1. The van der Waals surface area contributed by atoms with Gasteiger partial charge in [0.15, 0.2) is 0 Å². The molecule has 0 saturated carbocycles. The predicted molar refractivity (Wildman–Crippen MR) is 115 cm³/mol. The molecule has 1 aromatic rings. The number of piperidine rings is 2. The van der Waals surface area contributed by atoms with Gasteiger partial charge in [0.25, 0.3) is 0 Å². The van der Waals surface area contributed by atoms with Crippen molar-refractivity contribution in [2.45, 2.75) is 44.4 Å². The van der Waals surface area contributed by atoms with E-state index in [1.165, 1.54) is 6.42 Å². The number of anilines is 1. The van der Waals surface area contributed by atoms with Gasteiger partial charge >= 0.3 is 0 Å². The lowest BCUT2D eigenvalue weighted by molar-refractivity contribution is -0.134. The smallest absolute Gasteiger partial charge is 0.234 e. The summed E-state index contributed by atoms with van der Waals surface area (Å²) >= 11 is 0. The van der Waals surface area contributed by atoms with Gasteiger partial charge in [-0.05, 0) is 43.4 Å². The Morgan fingerprint density at radius 1 is 0.933 bits per heavy atom. The Hall–Kier alpha value is -2.41. The fraction of sp³-hybridized carbons (Fsp3) is 0.609. The van der Waals surface area contributed by atoms with Crippen LogP contribution in [0.2, 0.25) is 0 Å². The van der Waals surface area contributed by atoms with Crippen molar-refractivity contribution in [1.29, 1.82) is 0 Å². The predicted octanol–water partition coefficient (Wildman–Crippen LogP) is 1.73. The van der Waals surface area contributed by atoms with Crippen LogP contribution in [0.15, 0.2) is 24.3 Å². The third-order valence-electron chi connectivity index (χ3n) is 6.62. The van der Waals surface area contributed by atoms with Crippen LogP contribution in [0.5, 0.6) is 0 Å². The van der Waals surface area contributed by atoms with Crippen LogP contribution >= 0.6 is 0 Å². The Morgan fingerprint density at radius 3 is 2.30 bits per heavy atom. The van der Waals surface area contributed by atoms with Crippen molar-refractivity contribution in [3.8, 4) is 0 Å². The second kappa shape index (κ2) is 9.60. The van der Waals surface area contributed by atoms with Gasteiger partial charge in [0.1, 0.15) is 0 Å². The molecule has 1 unspecified atom stereocenters. The molecule has 3 heterocycles. The molecule has 1 N–H and O–H groups in total. The molecule has 0 bridgehead atoms. The first kappa shape index (κ1) is 20.8. The number of likely N-dealkylation sites (tertiary alicyclic amines) is 1. The van der Waals surface area contributed by atoms with Crippen molar-refractivity contribution in [2.24, 2.45) is 0 Å². The second-order valence-corrected chi connectivity index (χ2v) is 8.62. The summed E-state index contributed by atoms with van der Waals surface area (Å²) in [4.78, 5) is 42.5. The molecule has 0 radical (unpaired) electrons. The molecule has 7 nitrogen and oxygen atoms in total. The molecule has 3 fully saturated rings. The highest BCUT2D eigenvalue weighted by Gasteiger charge is 2.28. The lowest BCUT2D eigenvalue weighted by Gasteiger charge is -2.36. The molecule has 3 aliphatic heterocycles. The number of nitrogens with zero attached hydrogens (tertiary/aromatic N) is 3. The van der Waals surface area contributed by atoms with Crippen molar-refractivity contribution >= 4 is 23.4 Å². The van der Waals surface area contributed by atoms with Crippen LogP contribution in [0.3, 0.4) is 0 Å². The molecule has 0 spiro atoms. The molecule has 3 aliphatic rings. The number of carbonyl (C=O) groups excluding carboxylic acids is 3. The number of hydrogen-bond acceptors (Lipinski definition) is 5. The van der Waals surface area contributed by atoms with Gasteiger partial charge in [-0.2, -0.15) is 0 Å². The summed E-state index contributed by atoms with van der Waals surface area (Å²) in [5.41, 5.74) is 2.13. The van der Waals surface area contributed by atoms with Crippen LogP contribution < -0.4 is 10.2 Å². The number of hydrogen-bond donors (Lipinski definition) is 1. The SMILES string of the molecule is O=C1CCC(c2ccc(N3CCN(CCC(=O)N4CCCCC4)CC3)cc2)C(=O)N1. The summed E-state index contributed by atoms with van der Waals surface area (Å²) in [5.74, 6) is -0.290. The summed E-state index contributed by atoms with van der Waals surface area (Å²) in [6.07, 6.45) is 5.15. The Bertz CT molecular complexity index is 765. The molecule has 30 heavy (non-hydrogen) atoms. The number of benzene rings is 1. The zero-order valence-electron chi connectivity index (χ0n) is 17.6. The Labute approximate surface area is 178 Å². The van der Waals surface area contributed by atoms with Crippen molar-refractivity contribution in [3.05, 3.63) is 29.8 Å². The van der Waals surface area contributed by atoms with Crippen molar-refractivity contribution < 1.29 is 14.4 Å². The molecule has 1 aromatic carbocycles. The molecular formula is C23H32N4O3. The number of nitrogens with one attached hydrogen (secondary N) is 1.